The molecule has 134 valence electrons. The topological polar surface area (TPSA) is 49.7 Å². The molecule has 3 rings (SSSR count). The number of carbonyl (C=O) groups is 2. The van der Waals surface area contributed by atoms with Crippen LogP contribution >= 0.6 is 0 Å². The lowest BCUT2D eigenvalue weighted by molar-refractivity contribution is -0.127. The summed E-state index contributed by atoms with van der Waals surface area (Å²) in [5.41, 5.74) is 4.06. The van der Waals surface area contributed by atoms with Gasteiger partial charge in [0.1, 0.15) is 6.54 Å². The van der Waals surface area contributed by atoms with Gasteiger partial charge in [-0.25, -0.2) is 0 Å². The highest BCUT2D eigenvalue weighted by atomic mass is 16.2. The number of fused-ring (bicyclic) bond motifs is 1. The number of benzene rings is 2. The van der Waals surface area contributed by atoms with Crippen LogP contribution in [0.3, 0.4) is 0 Å². The molecule has 0 aromatic heterocycles. The van der Waals surface area contributed by atoms with Crippen LogP contribution in [0.15, 0.2) is 53.5 Å². The largest absolute Gasteiger partial charge is 0.303 e. The van der Waals surface area contributed by atoms with Gasteiger partial charge in [-0.2, -0.15) is 0 Å². The van der Waals surface area contributed by atoms with Gasteiger partial charge in [0, 0.05) is 16.5 Å². The number of nitrogens with zero attached hydrogens (tertiary/aromatic N) is 2. The number of para-hydroxylation sites is 1. The molecule has 26 heavy (non-hydrogen) atoms. The summed E-state index contributed by atoms with van der Waals surface area (Å²) in [5.74, 6) is -0.128. The Bertz CT molecular complexity index is 874. The Morgan fingerprint density at radius 1 is 1.08 bits per heavy atom. The van der Waals surface area contributed by atoms with E-state index in [-0.39, 0.29) is 24.8 Å². The van der Waals surface area contributed by atoms with Gasteiger partial charge in [0.15, 0.2) is 5.78 Å². The van der Waals surface area contributed by atoms with Crippen molar-refractivity contribution in [1.82, 2.24) is 0 Å². The molecular weight excluding hydrogens is 324 g/mol. The van der Waals surface area contributed by atoms with Crippen LogP contribution in [0.1, 0.15) is 37.5 Å². The number of hydrogen-bond donors (Lipinski definition) is 0. The predicted molar refractivity (Wildman–Crippen MR) is 105 cm³/mol. The lowest BCUT2D eigenvalue weighted by Crippen LogP contribution is -2.40. The zero-order valence-corrected chi connectivity index (χ0v) is 15.7. The highest BCUT2D eigenvalue weighted by Crippen LogP contribution is 2.28. The molecule has 0 saturated heterocycles. The molecule has 4 nitrogen and oxygen atoms in total. The van der Waals surface area contributed by atoms with Crippen molar-refractivity contribution < 1.29 is 9.59 Å². The number of benzodiazepines with no additional fused rings is 1. The van der Waals surface area contributed by atoms with E-state index in [9.17, 15) is 9.59 Å². The summed E-state index contributed by atoms with van der Waals surface area (Å²) in [5, 5.41) is 0. The number of aliphatic imine (C=N–C) groups is 1. The fourth-order valence-electron chi connectivity index (χ4n) is 2.87. The highest BCUT2D eigenvalue weighted by Gasteiger charge is 2.30. The van der Waals surface area contributed by atoms with Crippen molar-refractivity contribution in [1.29, 1.82) is 0 Å². The number of anilines is 1. The molecule has 0 spiro atoms. The summed E-state index contributed by atoms with van der Waals surface area (Å²) in [6, 6.07) is 15.8. The van der Waals surface area contributed by atoms with Crippen LogP contribution in [0.2, 0.25) is 0 Å². The van der Waals surface area contributed by atoms with Crippen LogP contribution in [-0.4, -0.2) is 30.5 Å². The van der Waals surface area contributed by atoms with Gasteiger partial charge in [0.05, 0.1) is 17.9 Å². The average molecular weight is 348 g/mol. The fourth-order valence-corrected chi connectivity index (χ4v) is 2.87. The minimum Gasteiger partial charge on any atom is -0.303 e. The van der Waals surface area contributed by atoms with Crippen molar-refractivity contribution in [3.8, 4) is 0 Å². The van der Waals surface area contributed by atoms with Crippen LogP contribution in [0.5, 0.6) is 0 Å². The van der Waals surface area contributed by atoms with E-state index in [2.05, 4.69) is 4.99 Å². The molecule has 1 aliphatic heterocycles. The molecule has 0 radical (unpaired) electrons. The minimum atomic E-state index is -0.498. The van der Waals surface area contributed by atoms with Gasteiger partial charge >= 0.3 is 0 Å². The first-order valence-corrected chi connectivity index (χ1v) is 8.82. The van der Waals surface area contributed by atoms with Crippen LogP contribution in [0.25, 0.3) is 0 Å². The molecular formula is C22H24N2O2. The normalized spacial score (nSPS) is 14.5. The van der Waals surface area contributed by atoms with E-state index in [1.54, 1.807) is 4.90 Å². The molecule has 0 atom stereocenters. The maximum Gasteiger partial charge on any atom is 0.249 e. The SMILES string of the molecule is Cc1ccc(C2=NCC(=O)N(CC(=O)C(C)(C)C)c3ccccc32)cc1. The molecule has 0 saturated carbocycles. The molecule has 4 heteroatoms. The Hall–Kier alpha value is -2.75. The van der Waals surface area contributed by atoms with Gasteiger partial charge in [-0.15, -0.1) is 0 Å². The molecule has 1 aliphatic rings. The van der Waals surface area contributed by atoms with E-state index in [1.165, 1.54) is 5.56 Å². The molecule has 2 aromatic carbocycles. The molecule has 1 amide bonds. The van der Waals surface area contributed by atoms with Crippen molar-refractivity contribution in [2.24, 2.45) is 10.4 Å². The van der Waals surface area contributed by atoms with Crippen molar-refractivity contribution in [3.63, 3.8) is 0 Å². The minimum absolute atomic E-state index is 0.0273. The zero-order chi connectivity index (χ0) is 18.9. The van der Waals surface area contributed by atoms with E-state index in [1.807, 2.05) is 76.2 Å². The van der Waals surface area contributed by atoms with E-state index in [0.29, 0.717) is 0 Å². The quantitative estimate of drug-likeness (QED) is 0.847. The third-order valence-electron chi connectivity index (χ3n) is 4.59. The van der Waals surface area contributed by atoms with E-state index >= 15 is 0 Å². The first-order chi connectivity index (χ1) is 12.3. The average Bonchev–Trinajstić information content (AvgIpc) is 2.73. The standard InChI is InChI=1S/C22H24N2O2/c1-15-9-11-16(12-10-15)21-17-7-5-6-8-18(17)24(20(26)13-23-21)14-19(25)22(2,3)4/h5-12H,13-14H2,1-4H3. The Balaban J connectivity index is 2.06. The number of hydrogen-bond acceptors (Lipinski definition) is 3. The Kier molecular flexibility index (Phi) is 4.77. The third-order valence-corrected chi connectivity index (χ3v) is 4.59. The maximum absolute atomic E-state index is 12.7. The van der Waals surface area contributed by atoms with Crippen LogP contribution in [0, 0.1) is 12.3 Å². The fraction of sp³-hybridized carbons (Fsp3) is 0.318. The molecule has 2 aromatic rings. The second-order valence-electron chi connectivity index (χ2n) is 7.70. The second-order valence-corrected chi connectivity index (χ2v) is 7.70. The van der Waals surface area contributed by atoms with Gasteiger partial charge in [0.25, 0.3) is 0 Å². The Labute approximate surface area is 154 Å². The van der Waals surface area contributed by atoms with Crippen LogP contribution in [-0.2, 0) is 9.59 Å². The summed E-state index contributed by atoms with van der Waals surface area (Å²) in [6.07, 6.45) is 0. The van der Waals surface area contributed by atoms with Gasteiger partial charge in [0.2, 0.25) is 5.91 Å². The van der Waals surface area contributed by atoms with Gasteiger partial charge in [-0.3, -0.25) is 14.6 Å². The molecule has 0 aliphatic carbocycles. The number of ketones is 1. The molecule has 0 fully saturated rings. The zero-order valence-electron chi connectivity index (χ0n) is 15.7. The summed E-state index contributed by atoms with van der Waals surface area (Å²) >= 11 is 0. The number of amides is 1. The summed E-state index contributed by atoms with van der Waals surface area (Å²) < 4.78 is 0. The number of Topliss-reactive ketones (excluding diaryl/α,β-unsaturated/α-hetero) is 1. The van der Waals surface area contributed by atoms with Gasteiger partial charge in [-0.05, 0) is 13.0 Å². The second kappa shape index (κ2) is 6.87. The van der Waals surface area contributed by atoms with Crippen molar-refractivity contribution >= 4 is 23.1 Å². The number of aryl methyl sites for hydroxylation is 1. The smallest absolute Gasteiger partial charge is 0.249 e. The molecule has 1 heterocycles. The van der Waals surface area contributed by atoms with E-state index in [4.69, 9.17) is 0 Å². The summed E-state index contributed by atoms with van der Waals surface area (Å²) in [7, 11) is 0. The molecule has 0 unspecified atom stereocenters. The van der Waals surface area contributed by atoms with Gasteiger partial charge in [-0.1, -0.05) is 68.8 Å². The van der Waals surface area contributed by atoms with Crippen molar-refractivity contribution in [2.75, 3.05) is 18.0 Å². The first-order valence-electron chi connectivity index (χ1n) is 8.82. The lowest BCUT2D eigenvalue weighted by atomic mass is 9.90. The Morgan fingerprint density at radius 2 is 1.73 bits per heavy atom. The highest BCUT2D eigenvalue weighted by molar-refractivity contribution is 6.20. The van der Waals surface area contributed by atoms with Crippen molar-refractivity contribution in [2.45, 2.75) is 27.7 Å². The van der Waals surface area contributed by atoms with Crippen molar-refractivity contribution in [3.05, 3.63) is 65.2 Å². The predicted octanol–water partition coefficient (Wildman–Crippen LogP) is 3.79. The third kappa shape index (κ3) is 3.59. The first kappa shape index (κ1) is 18.1. The van der Waals surface area contributed by atoms with E-state index in [0.717, 1.165) is 22.5 Å². The maximum atomic E-state index is 12.7. The lowest BCUT2D eigenvalue weighted by Gasteiger charge is -2.26. The monoisotopic (exact) mass is 348 g/mol. The summed E-state index contributed by atoms with van der Waals surface area (Å²) in [4.78, 5) is 31.5. The van der Waals surface area contributed by atoms with Crippen LogP contribution < -0.4 is 4.90 Å². The molecule has 0 N–H and O–H groups in total. The van der Waals surface area contributed by atoms with Gasteiger partial charge < -0.3 is 4.90 Å². The number of carbonyl (C=O) groups excluding carboxylic acids is 2. The Morgan fingerprint density at radius 3 is 2.38 bits per heavy atom. The number of rotatable bonds is 3. The van der Waals surface area contributed by atoms with Crippen LogP contribution in [0.4, 0.5) is 5.69 Å². The van der Waals surface area contributed by atoms with E-state index < -0.39 is 5.41 Å². The molecule has 0 bridgehead atoms. The summed E-state index contributed by atoms with van der Waals surface area (Å²) in [6.45, 7) is 7.76.